The van der Waals surface area contributed by atoms with Crippen LogP contribution in [0.1, 0.15) is 25.7 Å². The topological polar surface area (TPSA) is 58.8 Å². The molecule has 1 amide bonds. The van der Waals surface area contributed by atoms with E-state index in [1.165, 1.54) is 32.5 Å². The molecular formula is C14H29Cl2N3O2. The quantitative estimate of drug-likeness (QED) is 0.814. The van der Waals surface area contributed by atoms with E-state index in [-0.39, 0.29) is 37.3 Å². The zero-order chi connectivity index (χ0) is 13.7. The average Bonchev–Trinajstić information content (AvgIpc) is 2.94. The summed E-state index contributed by atoms with van der Waals surface area (Å²) in [7, 11) is 1.55. The molecule has 7 heteroatoms. The molecule has 2 aliphatic heterocycles. The van der Waals surface area contributed by atoms with E-state index in [4.69, 9.17) is 10.5 Å². The molecular weight excluding hydrogens is 313 g/mol. The van der Waals surface area contributed by atoms with Gasteiger partial charge in [-0.3, -0.25) is 4.79 Å². The Morgan fingerprint density at radius 1 is 1.19 bits per heavy atom. The Morgan fingerprint density at radius 3 is 2.24 bits per heavy atom. The maximum absolute atomic E-state index is 12.1. The summed E-state index contributed by atoms with van der Waals surface area (Å²) >= 11 is 0. The van der Waals surface area contributed by atoms with Crippen molar-refractivity contribution < 1.29 is 9.53 Å². The zero-order valence-corrected chi connectivity index (χ0v) is 14.5. The van der Waals surface area contributed by atoms with Gasteiger partial charge in [-0.1, -0.05) is 0 Å². The number of rotatable bonds is 5. The molecule has 5 nitrogen and oxygen atoms in total. The number of piperidine rings is 1. The van der Waals surface area contributed by atoms with E-state index in [2.05, 4.69) is 4.90 Å². The monoisotopic (exact) mass is 341 g/mol. The SMILES string of the molecule is COC(CN)C(=O)N1CCC(CN2CCCC2)CC1.Cl.Cl. The third-order valence-corrected chi connectivity index (χ3v) is 4.42. The molecule has 0 radical (unpaired) electrons. The third-order valence-electron chi connectivity index (χ3n) is 4.42. The van der Waals surface area contributed by atoms with Gasteiger partial charge in [-0.25, -0.2) is 0 Å². The van der Waals surface area contributed by atoms with Gasteiger partial charge in [0, 0.05) is 33.3 Å². The number of hydrogen-bond donors (Lipinski definition) is 1. The average molecular weight is 342 g/mol. The molecule has 1 atom stereocenters. The van der Waals surface area contributed by atoms with Crippen LogP contribution in [0.3, 0.4) is 0 Å². The second kappa shape index (κ2) is 10.6. The Kier molecular flexibility index (Phi) is 10.6. The van der Waals surface area contributed by atoms with Crippen molar-refractivity contribution in [2.24, 2.45) is 11.7 Å². The number of amides is 1. The minimum atomic E-state index is -0.463. The molecule has 2 fully saturated rings. The third kappa shape index (κ3) is 5.91. The number of nitrogens with two attached hydrogens (primary N) is 1. The lowest BCUT2D eigenvalue weighted by atomic mass is 9.96. The molecule has 0 spiro atoms. The van der Waals surface area contributed by atoms with Gasteiger partial charge in [0.2, 0.25) is 0 Å². The van der Waals surface area contributed by atoms with E-state index in [9.17, 15) is 4.79 Å². The Labute approximate surface area is 140 Å². The first-order chi connectivity index (χ1) is 9.24. The lowest BCUT2D eigenvalue weighted by molar-refractivity contribution is -0.142. The summed E-state index contributed by atoms with van der Waals surface area (Å²) in [6, 6.07) is 0. The molecule has 21 heavy (non-hydrogen) atoms. The maximum atomic E-state index is 12.1. The first kappa shape index (κ1) is 20.9. The van der Waals surface area contributed by atoms with Crippen molar-refractivity contribution in [3.05, 3.63) is 0 Å². The van der Waals surface area contributed by atoms with Crippen LogP contribution in [0.2, 0.25) is 0 Å². The van der Waals surface area contributed by atoms with E-state index in [0.717, 1.165) is 31.8 Å². The van der Waals surface area contributed by atoms with Crippen molar-refractivity contribution in [3.63, 3.8) is 0 Å². The van der Waals surface area contributed by atoms with Gasteiger partial charge in [0.1, 0.15) is 6.10 Å². The number of methoxy groups -OCH3 is 1. The highest BCUT2D eigenvalue weighted by atomic mass is 35.5. The van der Waals surface area contributed by atoms with Crippen molar-refractivity contribution in [3.8, 4) is 0 Å². The Balaban J connectivity index is 0.00000200. The van der Waals surface area contributed by atoms with Gasteiger partial charge in [0.15, 0.2) is 0 Å². The number of likely N-dealkylation sites (tertiary alicyclic amines) is 2. The Bertz CT molecular complexity index is 290. The van der Waals surface area contributed by atoms with Crippen LogP contribution in [-0.2, 0) is 9.53 Å². The van der Waals surface area contributed by atoms with Crippen LogP contribution in [0.4, 0.5) is 0 Å². The molecule has 2 N–H and O–H groups in total. The summed E-state index contributed by atoms with van der Waals surface area (Å²) in [5.41, 5.74) is 5.55. The van der Waals surface area contributed by atoms with E-state index in [1.54, 1.807) is 7.11 Å². The first-order valence-electron chi connectivity index (χ1n) is 7.48. The van der Waals surface area contributed by atoms with Crippen molar-refractivity contribution in [2.75, 3.05) is 46.4 Å². The number of ether oxygens (including phenoxy) is 1. The fourth-order valence-corrected chi connectivity index (χ4v) is 3.17. The smallest absolute Gasteiger partial charge is 0.253 e. The van der Waals surface area contributed by atoms with Crippen molar-refractivity contribution in [2.45, 2.75) is 31.8 Å². The molecule has 2 heterocycles. The highest BCUT2D eigenvalue weighted by molar-refractivity contribution is 5.85. The van der Waals surface area contributed by atoms with Crippen LogP contribution in [-0.4, -0.2) is 68.2 Å². The fraction of sp³-hybridized carbons (Fsp3) is 0.929. The minimum absolute atomic E-state index is 0. The lowest BCUT2D eigenvalue weighted by Gasteiger charge is -2.35. The molecule has 0 saturated carbocycles. The van der Waals surface area contributed by atoms with Crippen LogP contribution in [0.15, 0.2) is 0 Å². The summed E-state index contributed by atoms with van der Waals surface area (Å²) in [6.07, 6.45) is 4.47. The van der Waals surface area contributed by atoms with Crippen LogP contribution in [0, 0.1) is 5.92 Å². The molecule has 1 unspecified atom stereocenters. The second-order valence-electron chi connectivity index (χ2n) is 5.74. The molecule has 2 aliphatic rings. The summed E-state index contributed by atoms with van der Waals surface area (Å²) in [4.78, 5) is 16.6. The van der Waals surface area contributed by atoms with Gasteiger partial charge in [0.05, 0.1) is 0 Å². The number of hydrogen-bond acceptors (Lipinski definition) is 4. The van der Waals surface area contributed by atoms with Gasteiger partial charge in [-0.2, -0.15) is 0 Å². The molecule has 2 rings (SSSR count). The fourth-order valence-electron chi connectivity index (χ4n) is 3.17. The predicted octanol–water partition coefficient (Wildman–Crippen LogP) is 1.14. The molecule has 0 aliphatic carbocycles. The van der Waals surface area contributed by atoms with E-state index in [1.807, 2.05) is 4.90 Å². The largest absolute Gasteiger partial charge is 0.370 e. The van der Waals surface area contributed by atoms with Gasteiger partial charge in [-0.15, -0.1) is 24.8 Å². The van der Waals surface area contributed by atoms with Crippen LogP contribution >= 0.6 is 24.8 Å². The summed E-state index contributed by atoms with van der Waals surface area (Å²) < 4.78 is 5.12. The molecule has 2 saturated heterocycles. The van der Waals surface area contributed by atoms with Crippen LogP contribution < -0.4 is 5.73 Å². The first-order valence-corrected chi connectivity index (χ1v) is 7.48. The summed E-state index contributed by atoms with van der Waals surface area (Å²) in [6.45, 7) is 5.72. The summed E-state index contributed by atoms with van der Waals surface area (Å²) in [5.74, 6) is 0.811. The van der Waals surface area contributed by atoms with Gasteiger partial charge < -0.3 is 20.3 Å². The van der Waals surface area contributed by atoms with E-state index < -0.39 is 6.10 Å². The summed E-state index contributed by atoms with van der Waals surface area (Å²) in [5, 5.41) is 0. The molecule has 0 aromatic carbocycles. The van der Waals surface area contributed by atoms with E-state index >= 15 is 0 Å². The molecule has 0 bridgehead atoms. The number of carbonyl (C=O) groups is 1. The maximum Gasteiger partial charge on any atom is 0.253 e. The van der Waals surface area contributed by atoms with Gasteiger partial charge in [-0.05, 0) is 44.7 Å². The molecule has 0 aromatic rings. The molecule has 0 aromatic heterocycles. The highest BCUT2D eigenvalue weighted by Gasteiger charge is 2.28. The lowest BCUT2D eigenvalue weighted by Crippen LogP contribution is -2.48. The van der Waals surface area contributed by atoms with Gasteiger partial charge in [0.25, 0.3) is 5.91 Å². The molecule has 126 valence electrons. The van der Waals surface area contributed by atoms with Crippen LogP contribution in [0.25, 0.3) is 0 Å². The van der Waals surface area contributed by atoms with Crippen molar-refractivity contribution in [1.82, 2.24) is 9.80 Å². The Morgan fingerprint density at radius 2 is 1.76 bits per heavy atom. The highest BCUT2D eigenvalue weighted by Crippen LogP contribution is 2.21. The number of carbonyl (C=O) groups excluding carboxylic acids is 1. The Hall–Kier alpha value is -0.0700. The predicted molar refractivity (Wildman–Crippen MR) is 89.3 cm³/mol. The van der Waals surface area contributed by atoms with Crippen molar-refractivity contribution in [1.29, 1.82) is 0 Å². The minimum Gasteiger partial charge on any atom is -0.370 e. The van der Waals surface area contributed by atoms with E-state index in [0.29, 0.717) is 0 Å². The van der Waals surface area contributed by atoms with Crippen LogP contribution in [0.5, 0.6) is 0 Å². The normalized spacial score (nSPS) is 21.5. The second-order valence-corrected chi connectivity index (χ2v) is 5.74. The standard InChI is InChI=1S/C14H27N3O2.2ClH/c1-19-13(10-15)14(18)17-8-4-12(5-9-17)11-16-6-2-3-7-16;;/h12-13H,2-11,15H2,1H3;2*1H. The van der Waals surface area contributed by atoms with Gasteiger partial charge >= 0.3 is 0 Å². The van der Waals surface area contributed by atoms with Crippen molar-refractivity contribution >= 4 is 30.7 Å². The zero-order valence-electron chi connectivity index (χ0n) is 12.8. The number of nitrogens with zero attached hydrogens (tertiary/aromatic N) is 2. The number of halogens is 2.